The number of aromatic nitrogens is 2. The van der Waals surface area contributed by atoms with E-state index in [1.54, 1.807) is 0 Å². The lowest BCUT2D eigenvalue weighted by atomic mass is 10.1. The normalized spacial score (nSPS) is 29.0. The fraction of sp³-hybridized carbons (Fsp3) is 0.828. The minimum absolute atomic E-state index is 0.892. The van der Waals surface area contributed by atoms with Gasteiger partial charge in [-0.3, -0.25) is 24.7 Å². The van der Waals surface area contributed by atoms with Gasteiger partial charge in [-0.2, -0.15) is 0 Å². The number of unbranched alkanes of at least 4 members (excludes halogenated alkanes) is 6. The highest BCUT2D eigenvalue weighted by molar-refractivity contribution is 5.16. The fourth-order valence-corrected chi connectivity index (χ4v) is 18.4. The summed E-state index contributed by atoms with van der Waals surface area (Å²) in [5.41, 5.74) is 6.13. The number of pyridine rings is 2. The molecule has 650 valence electrons. The van der Waals surface area contributed by atoms with Crippen molar-refractivity contribution < 1.29 is 0 Å². The van der Waals surface area contributed by atoms with Crippen LogP contribution in [0.3, 0.4) is 0 Å². The Hall–Kier alpha value is -3.24. The van der Waals surface area contributed by atoms with Crippen molar-refractivity contribution in [2.45, 2.75) is 162 Å². The zero-order chi connectivity index (χ0) is 79.8. The first-order valence-corrected chi connectivity index (χ1v) is 47.3. The molecule has 13 heterocycles. The maximum absolute atomic E-state index is 4.95. The number of likely N-dealkylation sites (N-methyl/N-ethyl adjacent to an activating group) is 5. The van der Waals surface area contributed by atoms with Crippen LogP contribution >= 0.6 is 0 Å². The van der Waals surface area contributed by atoms with Crippen LogP contribution in [0.4, 0.5) is 0 Å². The number of benzene rings is 1. The third-order valence-electron chi connectivity index (χ3n) is 26.2. The van der Waals surface area contributed by atoms with Crippen molar-refractivity contribution in [1.29, 1.82) is 0 Å². The molecule has 0 radical (unpaired) electrons. The first kappa shape index (κ1) is 94.6. The summed E-state index contributed by atoms with van der Waals surface area (Å²) in [6, 6.07) is 23.9. The second kappa shape index (κ2) is 57.1. The van der Waals surface area contributed by atoms with Gasteiger partial charge in [-0.1, -0.05) is 94.8 Å². The van der Waals surface area contributed by atoms with Gasteiger partial charge in [-0.25, -0.2) is 0 Å². The summed E-state index contributed by atoms with van der Waals surface area (Å²) < 4.78 is 0. The van der Waals surface area contributed by atoms with Gasteiger partial charge in [0.2, 0.25) is 0 Å². The summed E-state index contributed by atoms with van der Waals surface area (Å²) in [5.74, 6) is 0. The Labute approximate surface area is 699 Å². The van der Waals surface area contributed by atoms with E-state index in [-0.39, 0.29) is 0 Å². The van der Waals surface area contributed by atoms with Gasteiger partial charge in [0.15, 0.2) is 0 Å². The van der Waals surface area contributed by atoms with E-state index in [1.807, 2.05) is 0 Å². The molecule has 1 aromatic carbocycles. The van der Waals surface area contributed by atoms with E-state index in [1.165, 1.54) is 419 Å². The van der Waals surface area contributed by atoms with Crippen molar-refractivity contribution in [3.05, 3.63) is 95.1 Å². The lowest BCUT2D eigenvalue weighted by Crippen LogP contribution is -2.46. The van der Waals surface area contributed by atoms with Crippen LogP contribution in [0.5, 0.6) is 0 Å². The SMILES string of the molecule is CCCCCCCCN1CCCN2CCN(C)CCCN(CC1)CC2.CCCCN1CCCN2CCN(C)CCCN(CC1)CC2.CN1CCCN2CCN(C)CCCN(CC1)CC2.CN1CCCN2CCN(CCCN(Cc3ccccc3)CC2)CC1.CN1CCCN2Cc3cccc(n3)CN(CCC1)Cc1cccc(n1)C2. The Morgan fingerprint density at radius 3 is 0.781 bits per heavy atom. The van der Waals surface area contributed by atoms with Crippen LogP contribution < -0.4 is 0 Å². The van der Waals surface area contributed by atoms with E-state index in [0.29, 0.717) is 0 Å². The Balaban J connectivity index is 0.000000164. The molecular weight excluding hydrogens is 1410 g/mol. The third-order valence-corrected chi connectivity index (χ3v) is 26.2. The van der Waals surface area contributed by atoms with Crippen molar-refractivity contribution in [2.24, 2.45) is 0 Å². The summed E-state index contributed by atoms with van der Waals surface area (Å²) >= 11 is 0. The smallest absolute Gasteiger partial charge is 0.0548 e. The lowest BCUT2D eigenvalue weighted by Gasteiger charge is -2.35. The quantitative estimate of drug-likeness (QED) is 0.162. The molecule has 21 heteroatoms. The molecule has 0 amide bonds. The monoisotopic (exact) mass is 1580 g/mol. The molecule has 0 saturated carbocycles. The first-order chi connectivity index (χ1) is 55.8. The maximum atomic E-state index is 4.95. The summed E-state index contributed by atoms with van der Waals surface area (Å²) in [7, 11) is 13.6. The number of hydrogen-bond acceptors (Lipinski definition) is 21. The number of fused-ring (bicyclic) bond motifs is 18. The topological polar surface area (TPSA) is 87.3 Å². The molecule has 114 heavy (non-hydrogen) atoms. The molecule has 8 fully saturated rings. The van der Waals surface area contributed by atoms with Crippen molar-refractivity contribution in [1.82, 2.24) is 103 Å². The molecule has 8 atom stereocenters. The summed E-state index contributed by atoms with van der Waals surface area (Å²) in [6.07, 6.45) is 24.1. The molecule has 0 N–H and O–H groups in total. The standard InChI is InChI=1S/C21H29N5.C21H44N4.C20H34N4.C17H36N4.C14H30N4/c1-24-10-4-12-25-14-18-6-2-7-19(22-18)15-26(13-5-11-24)17-21-9-3-8-20(16-25)23-21;1-3-4-5-6-7-8-12-23-14-10-15-24-17-16-22(2)11-9-13-25(19-18-23)21-20-24;1-21-9-5-10-23-16-15-22(14-13-21)11-6-12-24(18-17-23)19-20-7-3-2-4-8-20;1-3-4-8-19-10-6-11-20-13-12-18(2)7-5-9-21(15-14-19)17-16-20;1-15-5-3-7-18-12-10-16(2)6-4-8-17(11-9-15)13-14-18/h2-3,6-9H,4-5,10-17H2,1H3;3-21H2,1-2H3;2-4,7-8H,5-6,9-19H2,1H3;3-17H2,1-2H3;3-14H2,1-2H3. The van der Waals surface area contributed by atoms with E-state index in [2.05, 4.69) is 216 Å². The molecule has 11 aliphatic rings. The molecule has 0 spiro atoms. The van der Waals surface area contributed by atoms with Crippen LogP contribution in [-0.4, -0.2) is 446 Å². The van der Waals surface area contributed by atoms with E-state index >= 15 is 0 Å². The third kappa shape index (κ3) is 40.4. The van der Waals surface area contributed by atoms with Crippen LogP contribution in [0, 0.1) is 0 Å². The number of rotatable bonds is 12. The highest BCUT2D eigenvalue weighted by Gasteiger charge is 2.24. The zero-order valence-electron chi connectivity index (χ0n) is 75.0. The molecule has 0 aliphatic carbocycles. The maximum Gasteiger partial charge on any atom is 0.0548 e. The van der Waals surface area contributed by atoms with Crippen LogP contribution in [0.2, 0.25) is 0 Å². The Morgan fingerprint density at radius 1 is 0.211 bits per heavy atom. The summed E-state index contributed by atoms with van der Waals surface area (Å²) in [5, 5.41) is 0. The van der Waals surface area contributed by atoms with Crippen LogP contribution in [0.1, 0.15) is 158 Å². The van der Waals surface area contributed by atoms with Crippen LogP contribution in [-0.2, 0) is 32.7 Å². The molecule has 3 aromatic rings. The van der Waals surface area contributed by atoms with Crippen molar-refractivity contribution in [2.75, 3.05) is 343 Å². The second-order valence-electron chi connectivity index (χ2n) is 36.3. The molecule has 8 saturated heterocycles. The van der Waals surface area contributed by atoms with E-state index in [9.17, 15) is 0 Å². The molecule has 14 bridgehead atoms. The van der Waals surface area contributed by atoms with Gasteiger partial charge in [0, 0.05) is 203 Å². The molecule has 21 nitrogen and oxygen atoms in total. The Kier molecular flexibility index (Phi) is 47.4. The molecule has 11 aliphatic heterocycles. The van der Waals surface area contributed by atoms with E-state index < -0.39 is 0 Å². The minimum Gasteiger partial charge on any atom is -0.306 e. The average Bonchev–Trinajstić information content (AvgIpc) is 0.873. The van der Waals surface area contributed by atoms with Crippen LogP contribution in [0.15, 0.2) is 66.7 Å². The average molecular weight is 1590 g/mol. The molecule has 2 aromatic heterocycles. The Bertz CT molecular complexity index is 2730. The number of nitrogens with zero attached hydrogens (tertiary/aromatic N) is 21. The van der Waals surface area contributed by atoms with Crippen molar-refractivity contribution in [3.8, 4) is 0 Å². The van der Waals surface area contributed by atoms with Gasteiger partial charge in [0.1, 0.15) is 0 Å². The van der Waals surface area contributed by atoms with Gasteiger partial charge in [-0.05, 0) is 280 Å². The summed E-state index contributed by atoms with van der Waals surface area (Å²) in [6.45, 7) is 66.5. The van der Waals surface area contributed by atoms with Crippen molar-refractivity contribution in [3.63, 3.8) is 0 Å². The zero-order valence-corrected chi connectivity index (χ0v) is 75.0. The van der Waals surface area contributed by atoms with E-state index in [4.69, 9.17) is 9.97 Å². The predicted octanol–water partition coefficient (Wildman–Crippen LogP) is 9.04. The minimum atomic E-state index is 0.892. The van der Waals surface area contributed by atoms with Gasteiger partial charge in [0.05, 0.1) is 22.8 Å². The van der Waals surface area contributed by atoms with Gasteiger partial charge in [0.25, 0.3) is 0 Å². The highest BCUT2D eigenvalue weighted by atomic mass is 15.3. The molecule has 8 unspecified atom stereocenters. The van der Waals surface area contributed by atoms with Crippen LogP contribution in [0.25, 0.3) is 0 Å². The molecular formula is C93H173N21. The largest absolute Gasteiger partial charge is 0.306 e. The predicted molar refractivity (Wildman–Crippen MR) is 482 cm³/mol. The highest BCUT2D eigenvalue weighted by Crippen LogP contribution is 2.19. The number of hydrogen-bond donors (Lipinski definition) is 0. The fourth-order valence-electron chi connectivity index (χ4n) is 18.4. The van der Waals surface area contributed by atoms with E-state index in [0.717, 1.165) is 58.9 Å². The van der Waals surface area contributed by atoms with Gasteiger partial charge >= 0.3 is 0 Å². The second-order valence-corrected chi connectivity index (χ2v) is 36.3. The van der Waals surface area contributed by atoms with Crippen molar-refractivity contribution >= 4 is 0 Å². The summed E-state index contributed by atoms with van der Waals surface area (Å²) in [4.78, 5) is 59.5. The lowest BCUT2D eigenvalue weighted by molar-refractivity contribution is 0.125. The van der Waals surface area contributed by atoms with Gasteiger partial charge < -0.3 is 78.4 Å². The Morgan fingerprint density at radius 2 is 0.456 bits per heavy atom. The van der Waals surface area contributed by atoms with Gasteiger partial charge in [-0.15, -0.1) is 0 Å². The first-order valence-electron chi connectivity index (χ1n) is 47.3. The molecule has 14 rings (SSSR count).